The van der Waals surface area contributed by atoms with Gasteiger partial charge in [-0.2, -0.15) is 0 Å². The summed E-state index contributed by atoms with van der Waals surface area (Å²) in [6, 6.07) is 1.07. The molecule has 1 saturated heterocycles. The van der Waals surface area contributed by atoms with Crippen LogP contribution in [0.15, 0.2) is 41.8 Å². The zero-order valence-corrected chi connectivity index (χ0v) is 27.7. The molecule has 1 unspecified atom stereocenters. The zero-order chi connectivity index (χ0) is 33.7. The molecule has 2 heterocycles. The Labute approximate surface area is 266 Å². The normalized spacial score (nSPS) is 16.8. The van der Waals surface area contributed by atoms with Crippen molar-refractivity contribution in [3.63, 3.8) is 0 Å². The molecule has 0 spiro atoms. The van der Waals surface area contributed by atoms with Gasteiger partial charge in [-0.05, 0) is 36.7 Å². The van der Waals surface area contributed by atoms with E-state index in [1.54, 1.807) is 18.3 Å². The van der Waals surface area contributed by atoms with Gasteiger partial charge in [0.2, 0.25) is 17.6 Å². The highest BCUT2D eigenvalue weighted by atomic mass is 16.2. The maximum atomic E-state index is 14.0. The van der Waals surface area contributed by atoms with Gasteiger partial charge >= 0.3 is 6.03 Å². The molecule has 5 amide bonds. The molecule has 12 nitrogen and oxygen atoms in total. The van der Waals surface area contributed by atoms with Crippen LogP contribution in [0.3, 0.4) is 0 Å². The summed E-state index contributed by atoms with van der Waals surface area (Å²) in [5, 5.41) is 11.0. The molecule has 4 N–H and O–H groups in total. The highest BCUT2D eigenvalue weighted by molar-refractivity contribution is 6.38. The molecule has 0 bridgehead atoms. The number of rotatable bonds is 16. The van der Waals surface area contributed by atoms with E-state index < -0.39 is 59.1 Å². The Morgan fingerprint density at radius 1 is 1.07 bits per heavy atom. The van der Waals surface area contributed by atoms with E-state index in [4.69, 9.17) is 0 Å². The van der Waals surface area contributed by atoms with Crippen molar-refractivity contribution >= 4 is 29.5 Å². The lowest BCUT2D eigenvalue weighted by Crippen LogP contribution is -2.61. The molecule has 2 rings (SSSR count). The number of nitrogens with zero attached hydrogens (tertiary/aromatic N) is 2. The van der Waals surface area contributed by atoms with Gasteiger partial charge in [0.15, 0.2) is 0 Å². The number of ketones is 1. The molecule has 1 fully saturated rings. The summed E-state index contributed by atoms with van der Waals surface area (Å²) in [5.41, 5.74) is -0.887. The summed E-state index contributed by atoms with van der Waals surface area (Å²) in [4.78, 5) is 79.8. The van der Waals surface area contributed by atoms with Crippen LogP contribution in [-0.4, -0.2) is 76.3 Å². The predicted molar refractivity (Wildman–Crippen MR) is 173 cm³/mol. The van der Waals surface area contributed by atoms with Crippen molar-refractivity contribution in [2.75, 3.05) is 13.1 Å². The molecule has 0 radical (unpaired) electrons. The van der Waals surface area contributed by atoms with Gasteiger partial charge in [0, 0.05) is 31.9 Å². The fraction of sp³-hybridized carbons (Fsp3) is 0.636. The van der Waals surface area contributed by atoms with Crippen molar-refractivity contribution in [1.29, 1.82) is 0 Å². The number of carbonyl (C=O) groups excluding carboxylic acids is 5. The fourth-order valence-corrected chi connectivity index (χ4v) is 5.25. The molecule has 0 saturated carbocycles. The van der Waals surface area contributed by atoms with Crippen molar-refractivity contribution in [2.24, 2.45) is 11.3 Å². The van der Waals surface area contributed by atoms with E-state index in [0.717, 1.165) is 12.8 Å². The molecule has 0 aliphatic carbocycles. The summed E-state index contributed by atoms with van der Waals surface area (Å²) in [6.45, 7) is 15.6. The van der Waals surface area contributed by atoms with Gasteiger partial charge in [-0.15, -0.1) is 6.58 Å². The quantitative estimate of drug-likeness (QED) is 0.125. The van der Waals surface area contributed by atoms with Crippen molar-refractivity contribution in [3.8, 4) is 0 Å². The molecule has 250 valence electrons. The monoisotopic (exact) mass is 628 g/mol. The first-order chi connectivity index (χ1) is 21.2. The van der Waals surface area contributed by atoms with Crippen molar-refractivity contribution in [2.45, 2.75) is 111 Å². The minimum Gasteiger partial charge on any atom is -0.346 e. The molecule has 1 aliphatic rings. The van der Waals surface area contributed by atoms with E-state index in [1.165, 1.54) is 21.6 Å². The summed E-state index contributed by atoms with van der Waals surface area (Å²) >= 11 is 0. The van der Waals surface area contributed by atoms with Crippen molar-refractivity contribution in [1.82, 2.24) is 30.7 Å². The average Bonchev–Trinajstić information content (AvgIpc) is 3.48. The van der Waals surface area contributed by atoms with Crippen LogP contribution in [0.5, 0.6) is 0 Å². The molecule has 0 aromatic carbocycles. The van der Waals surface area contributed by atoms with Crippen LogP contribution >= 0.6 is 0 Å². The van der Waals surface area contributed by atoms with E-state index in [2.05, 4.69) is 27.8 Å². The highest BCUT2D eigenvalue weighted by Crippen LogP contribution is 2.26. The van der Waals surface area contributed by atoms with E-state index >= 15 is 0 Å². The third-order valence-corrected chi connectivity index (χ3v) is 8.00. The molecule has 1 aliphatic heterocycles. The summed E-state index contributed by atoms with van der Waals surface area (Å²) in [6.07, 6.45) is 6.78. The molecule has 12 heteroatoms. The summed E-state index contributed by atoms with van der Waals surface area (Å²) in [7, 11) is 0. The van der Waals surface area contributed by atoms with Gasteiger partial charge in [-0.25, -0.2) is 4.79 Å². The first kappa shape index (κ1) is 37.2. The van der Waals surface area contributed by atoms with E-state index in [9.17, 15) is 28.8 Å². The molecular weight excluding hydrogens is 576 g/mol. The third-order valence-electron chi connectivity index (χ3n) is 8.00. The molecule has 1 aromatic rings. The van der Waals surface area contributed by atoms with Crippen LogP contribution in [-0.2, 0) is 25.7 Å². The van der Waals surface area contributed by atoms with Gasteiger partial charge < -0.3 is 30.7 Å². The van der Waals surface area contributed by atoms with Crippen LogP contribution in [0.2, 0.25) is 0 Å². The SMILES string of the molecule is C=CCNC(=O)C(=O)C(CCCCC)NC(=O)[C@@H]1CCCN1C(=O)[C@@H](NC(=O)N[C@H](Cn1ccccc1=O)C(C)C)C(C)(C)C. The Hall–Kier alpha value is -3.96. The molecule has 45 heavy (non-hydrogen) atoms. The number of amides is 5. The number of nitrogens with one attached hydrogen (secondary N) is 4. The lowest BCUT2D eigenvalue weighted by molar-refractivity contribution is -0.143. The van der Waals surface area contributed by atoms with Crippen LogP contribution in [0, 0.1) is 11.3 Å². The van der Waals surface area contributed by atoms with Gasteiger partial charge in [0.25, 0.3) is 11.5 Å². The van der Waals surface area contributed by atoms with Crippen LogP contribution in [0.25, 0.3) is 0 Å². The Morgan fingerprint density at radius 2 is 1.78 bits per heavy atom. The summed E-state index contributed by atoms with van der Waals surface area (Å²) in [5.74, 6) is -2.45. The standard InChI is InChI=1S/C33H52N6O6/c1-8-10-11-15-23(27(41)30(43)34-18-9-2)35-29(42)25-16-14-20-39(25)31(44)28(33(5,6)7)37-32(45)36-24(22(3)4)21-38-19-13-12-17-26(38)40/h9,12-13,17,19,22-25,28H,2,8,10-11,14-16,18,20-21H2,1,3-7H3,(H,34,43)(H,35,42)(H2,36,37,45)/t23?,24-,25+,28-/m1/s1. The number of likely N-dealkylation sites (tertiary alicyclic amines) is 1. The smallest absolute Gasteiger partial charge is 0.315 e. The first-order valence-electron chi connectivity index (χ1n) is 16.0. The highest BCUT2D eigenvalue weighted by Gasteiger charge is 2.43. The lowest BCUT2D eigenvalue weighted by atomic mass is 9.85. The number of hydrogen-bond acceptors (Lipinski definition) is 6. The molecular formula is C33H52N6O6. The number of aromatic nitrogens is 1. The Bertz CT molecular complexity index is 1250. The topological polar surface area (TPSA) is 159 Å². The number of hydrogen-bond donors (Lipinski definition) is 4. The number of pyridine rings is 1. The second-order valence-electron chi connectivity index (χ2n) is 13.1. The average molecular weight is 629 g/mol. The second kappa shape index (κ2) is 17.5. The predicted octanol–water partition coefficient (Wildman–Crippen LogP) is 2.51. The van der Waals surface area contributed by atoms with Crippen LogP contribution in [0.4, 0.5) is 4.79 Å². The Balaban J connectivity index is 2.19. The zero-order valence-electron chi connectivity index (χ0n) is 27.7. The minimum atomic E-state index is -1.01. The third kappa shape index (κ3) is 11.2. The Morgan fingerprint density at radius 3 is 2.38 bits per heavy atom. The number of Topliss-reactive ketones (excluding diaryl/α,β-unsaturated/α-hetero) is 1. The summed E-state index contributed by atoms with van der Waals surface area (Å²) < 4.78 is 1.52. The van der Waals surface area contributed by atoms with Gasteiger partial charge in [-0.3, -0.25) is 24.0 Å². The van der Waals surface area contributed by atoms with E-state index in [0.29, 0.717) is 32.2 Å². The number of urea groups is 1. The van der Waals surface area contributed by atoms with Gasteiger partial charge in [-0.1, -0.05) is 72.9 Å². The van der Waals surface area contributed by atoms with Crippen LogP contribution in [0.1, 0.15) is 80.1 Å². The van der Waals surface area contributed by atoms with E-state index in [-0.39, 0.29) is 24.6 Å². The molecule has 1 aromatic heterocycles. The maximum Gasteiger partial charge on any atom is 0.315 e. The molecule has 4 atom stereocenters. The lowest BCUT2D eigenvalue weighted by Gasteiger charge is -2.36. The van der Waals surface area contributed by atoms with Crippen molar-refractivity contribution < 1.29 is 24.0 Å². The number of unbranched alkanes of at least 4 members (excludes halogenated alkanes) is 2. The van der Waals surface area contributed by atoms with Gasteiger partial charge in [0.1, 0.15) is 12.1 Å². The van der Waals surface area contributed by atoms with Gasteiger partial charge in [0.05, 0.1) is 12.1 Å². The maximum absolute atomic E-state index is 14.0. The van der Waals surface area contributed by atoms with Crippen LogP contribution < -0.4 is 26.8 Å². The largest absolute Gasteiger partial charge is 0.346 e. The first-order valence-corrected chi connectivity index (χ1v) is 16.0. The van der Waals surface area contributed by atoms with E-state index in [1.807, 2.05) is 41.5 Å². The number of carbonyl (C=O) groups is 5. The fourth-order valence-electron chi connectivity index (χ4n) is 5.25. The minimum absolute atomic E-state index is 0.00913. The second-order valence-corrected chi connectivity index (χ2v) is 13.1. The Kier molecular flexibility index (Phi) is 14.5. The van der Waals surface area contributed by atoms with Crippen molar-refractivity contribution in [3.05, 3.63) is 47.4 Å².